The number of aliphatic hydroxyl groups is 2. The fourth-order valence-corrected chi connectivity index (χ4v) is 4.75. The zero-order valence-corrected chi connectivity index (χ0v) is 21.5. The lowest BCUT2D eigenvalue weighted by atomic mass is 10.1. The molecule has 0 saturated heterocycles. The predicted octanol–water partition coefficient (Wildman–Crippen LogP) is -0.673. The molecule has 38 heavy (non-hydrogen) atoms. The monoisotopic (exact) mass is 594 g/mol. The van der Waals surface area contributed by atoms with Gasteiger partial charge in [-0.25, -0.2) is 0 Å². The summed E-state index contributed by atoms with van der Waals surface area (Å²) in [5.41, 5.74) is 0.183. The minimum absolute atomic E-state index is 0.0114. The van der Waals surface area contributed by atoms with Gasteiger partial charge in [-0.05, 0) is 29.7 Å². The Morgan fingerprint density at radius 3 is 2.03 bits per heavy atom. The summed E-state index contributed by atoms with van der Waals surface area (Å²) in [6, 6.07) is 5.45. The van der Waals surface area contributed by atoms with Crippen LogP contribution in [0.15, 0.2) is 40.1 Å². The van der Waals surface area contributed by atoms with Gasteiger partial charge in [0.25, 0.3) is 30.4 Å². The van der Waals surface area contributed by atoms with Crippen molar-refractivity contribution in [2.45, 2.75) is 15.9 Å². The molecule has 0 spiro atoms. The summed E-state index contributed by atoms with van der Waals surface area (Å²) < 4.78 is 96.6. The number of hydrogen-bond donors (Lipinski definition) is 8. The first-order chi connectivity index (χ1) is 17.5. The summed E-state index contributed by atoms with van der Waals surface area (Å²) in [6.45, 7) is -1.01. The van der Waals surface area contributed by atoms with Gasteiger partial charge in [-0.1, -0.05) is 6.07 Å². The Labute approximate surface area is 216 Å². The van der Waals surface area contributed by atoms with Gasteiger partial charge in [0, 0.05) is 24.2 Å². The molecule has 0 bridgehead atoms. The van der Waals surface area contributed by atoms with Crippen LogP contribution in [0.5, 0.6) is 0 Å². The molecule has 0 amide bonds. The summed E-state index contributed by atoms with van der Waals surface area (Å²) in [5.74, 6) is -1.09. The molecule has 0 saturated carbocycles. The number of nitrogens with one attached hydrogen (secondary N) is 3. The molecule has 20 heteroatoms. The van der Waals surface area contributed by atoms with Crippen molar-refractivity contribution in [1.29, 1.82) is 0 Å². The molecule has 0 aliphatic heterocycles. The number of nitrogens with zero attached hydrogens (tertiary/aromatic N) is 3. The zero-order valence-electron chi connectivity index (χ0n) is 19.0. The number of hydrogen-bond acceptors (Lipinski definition) is 14. The summed E-state index contributed by atoms with van der Waals surface area (Å²) >= 11 is 0. The van der Waals surface area contributed by atoms with Crippen LogP contribution in [0.2, 0.25) is 0 Å². The molecule has 3 aromatic rings. The first-order valence-corrected chi connectivity index (χ1v) is 14.8. The van der Waals surface area contributed by atoms with Crippen molar-refractivity contribution >= 4 is 64.7 Å². The highest BCUT2D eigenvalue weighted by Gasteiger charge is 2.21. The topological polar surface area (TPSA) is 278 Å². The average Bonchev–Trinajstić information content (AvgIpc) is 2.79. The molecule has 0 aliphatic rings. The molecule has 1 aromatic heterocycles. The Morgan fingerprint density at radius 2 is 1.45 bits per heavy atom. The highest BCUT2D eigenvalue weighted by Crippen LogP contribution is 2.30. The SMILES string of the molecule is O=S(=O)(O)CCNc1nc(NCC(O)CO)nc(Nc2ccc3c(S(=O)(=O)O)cc(S(=O)(=O)O)cc3c2)n1. The van der Waals surface area contributed by atoms with Gasteiger partial charge in [-0.2, -0.15) is 40.2 Å². The Bertz CT molecular complexity index is 1660. The molecule has 8 N–H and O–H groups in total. The van der Waals surface area contributed by atoms with Crippen LogP contribution in [-0.2, 0) is 30.4 Å². The zero-order chi connectivity index (χ0) is 28.3. The molecule has 0 fully saturated rings. The smallest absolute Gasteiger partial charge is 0.295 e. The predicted molar refractivity (Wildman–Crippen MR) is 133 cm³/mol. The van der Waals surface area contributed by atoms with Crippen LogP contribution in [0.4, 0.5) is 23.5 Å². The third-order valence-electron chi connectivity index (χ3n) is 4.71. The van der Waals surface area contributed by atoms with Gasteiger partial charge in [-0.15, -0.1) is 0 Å². The molecule has 3 rings (SSSR count). The van der Waals surface area contributed by atoms with E-state index in [-0.39, 0.29) is 47.4 Å². The summed E-state index contributed by atoms with van der Waals surface area (Å²) in [7, 11) is -14.0. The lowest BCUT2D eigenvalue weighted by Crippen LogP contribution is -2.24. The summed E-state index contributed by atoms with van der Waals surface area (Å²) in [4.78, 5) is 10.6. The largest absolute Gasteiger partial charge is 0.394 e. The van der Waals surface area contributed by atoms with Crippen molar-refractivity contribution in [2.24, 2.45) is 0 Å². The minimum atomic E-state index is -4.87. The van der Waals surface area contributed by atoms with E-state index in [2.05, 4.69) is 30.9 Å². The first-order valence-electron chi connectivity index (χ1n) is 10.3. The van der Waals surface area contributed by atoms with Crippen molar-refractivity contribution in [3.63, 3.8) is 0 Å². The van der Waals surface area contributed by atoms with Gasteiger partial charge in [0.15, 0.2) is 0 Å². The second-order valence-electron chi connectivity index (χ2n) is 7.67. The number of anilines is 4. The lowest BCUT2D eigenvalue weighted by molar-refractivity contribution is 0.105. The van der Waals surface area contributed by atoms with E-state index in [1.165, 1.54) is 18.2 Å². The summed E-state index contributed by atoms with van der Waals surface area (Å²) in [6.07, 6.45) is -1.16. The number of rotatable bonds is 12. The van der Waals surface area contributed by atoms with Gasteiger partial charge in [0.1, 0.15) is 4.90 Å². The van der Waals surface area contributed by atoms with E-state index in [9.17, 15) is 39.5 Å². The maximum Gasteiger partial charge on any atom is 0.295 e. The van der Waals surface area contributed by atoms with E-state index in [1.54, 1.807) is 0 Å². The van der Waals surface area contributed by atoms with E-state index in [0.717, 1.165) is 6.07 Å². The fourth-order valence-electron chi connectivity index (χ4n) is 3.03. The molecule has 0 aliphatic carbocycles. The van der Waals surface area contributed by atoms with Crippen LogP contribution < -0.4 is 16.0 Å². The average molecular weight is 595 g/mol. The lowest BCUT2D eigenvalue weighted by Gasteiger charge is -2.13. The van der Waals surface area contributed by atoms with Crippen LogP contribution in [0.25, 0.3) is 10.8 Å². The fraction of sp³-hybridized carbons (Fsp3) is 0.278. The van der Waals surface area contributed by atoms with Crippen molar-refractivity contribution in [3.8, 4) is 0 Å². The molecule has 17 nitrogen and oxygen atoms in total. The molecular weight excluding hydrogens is 572 g/mol. The van der Waals surface area contributed by atoms with Crippen molar-refractivity contribution in [2.75, 3.05) is 41.4 Å². The van der Waals surface area contributed by atoms with Crippen LogP contribution in [0.1, 0.15) is 0 Å². The maximum absolute atomic E-state index is 11.8. The van der Waals surface area contributed by atoms with Crippen molar-refractivity contribution < 1.29 is 49.1 Å². The van der Waals surface area contributed by atoms with Crippen LogP contribution >= 0.6 is 0 Å². The minimum Gasteiger partial charge on any atom is -0.394 e. The molecular formula is C18H22N6O11S3. The van der Waals surface area contributed by atoms with E-state index >= 15 is 0 Å². The molecule has 1 unspecified atom stereocenters. The van der Waals surface area contributed by atoms with E-state index < -0.39 is 58.6 Å². The highest BCUT2D eigenvalue weighted by atomic mass is 32.2. The van der Waals surface area contributed by atoms with E-state index in [4.69, 9.17) is 9.66 Å². The van der Waals surface area contributed by atoms with E-state index in [0.29, 0.717) is 6.07 Å². The third-order valence-corrected chi connectivity index (χ3v) is 7.15. The number of aromatic nitrogens is 3. The maximum atomic E-state index is 11.8. The third kappa shape index (κ3) is 8.13. The van der Waals surface area contributed by atoms with Crippen LogP contribution in [0, 0.1) is 0 Å². The highest BCUT2D eigenvalue weighted by molar-refractivity contribution is 7.87. The number of benzene rings is 2. The Morgan fingerprint density at radius 1 is 0.816 bits per heavy atom. The van der Waals surface area contributed by atoms with Gasteiger partial charge in [0.05, 0.1) is 23.4 Å². The Kier molecular flexibility index (Phi) is 8.68. The molecule has 1 heterocycles. The second-order valence-corrected chi connectivity index (χ2v) is 12.1. The van der Waals surface area contributed by atoms with E-state index in [1.807, 2.05) is 0 Å². The van der Waals surface area contributed by atoms with Gasteiger partial charge < -0.3 is 26.2 Å². The van der Waals surface area contributed by atoms with Crippen LogP contribution in [-0.4, -0.2) is 95.6 Å². The Balaban J connectivity index is 2.01. The second kappa shape index (κ2) is 11.2. The van der Waals surface area contributed by atoms with Crippen molar-refractivity contribution in [3.05, 3.63) is 30.3 Å². The quantitative estimate of drug-likeness (QED) is 0.121. The van der Waals surface area contributed by atoms with Gasteiger partial charge in [-0.3, -0.25) is 13.7 Å². The normalized spacial score (nSPS) is 13.3. The first kappa shape index (κ1) is 29.3. The molecule has 1 atom stereocenters. The van der Waals surface area contributed by atoms with Crippen LogP contribution in [0.3, 0.4) is 0 Å². The Hall–Kier alpha value is -3.24. The molecule has 208 valence electrons. The number of aliphatic hydroxyl groups excluding tert-OH is 2. The molecule has 2 aromatic carbocycles. The number of fused-ring (bicyclic) bond motifs is 1. The van der Waals surface area contributed by atoms with Gasteiger partial charge in [0.2, 0.25) is 17.8 Å². The standard InChI is InChI=1S/C18H22N6O11S3/c25-9-12(26)8-20-17-22-16(19-3-4-36(27,28)29)23-18(24-17)21-11-1-2-14-10(5-11)6-13(37(30,31)32)7-15(14)38(33,34)35/h1-2,5-7,12,25-26H,3-4,8-9H2,(H,27,28,29)(H,30,31,32)(H,33,34,35)(H3,19,20,21,22,23,24). The van der Waals surface area contributed by atoms with Gasteiger partial charge >= 0.3 is 0 Å². The van der Waals surface area contributed by atoms with Crippen molar-refractivity contribution in [1.82, 2.24) is 15.0 Å². The molecule has 0 radical (unpaired) electrons. The summed E-state index contributed by atoms with van der Waals surface area (Å²) in [5, 5.41) is 26.4.